The Labute approximate surface area is 326 Å². The molecule has 0 saturated carbocycles. The largest absolute Gasteiger partial charge is 0.444 e. The summed E-state index contributed by atoms with van der Waals surface area (Å²) in [5, 5.41) is 5.44. The molecule has 0 fully saturated rings. The van der Waals surface area contributed by atoms with E-state index >= 15 is 0 Å². The number of carbonyl (C=O) groups is 3. The Morgan fingerprint density at radius 3 is 2.07 bits per heavy atom. The highest BCUT2D eigenvalue weighted by atomic mass is 35.5. The van der Waals surface area contributed by atoms with Crippen LogP contribution in [0.25, 0.3) is 0 Å². The summed E-state index contributed by atoms with van der Waals surface area (Å²) >= 11 is 6.54. The van der Waals surface area contributed by atoms with Crippen LogP contribution in [0.5, 0.6) is 0 Å². The molecule has 8 nitrogen and oxygen atoms in total. The fraction of sp³-hybridized carbons (Fsp3) is 0.357. The van der Waals surface area contributed by atoms with Crippen LogP contribution in [0.3, 0.4) is 0 Å². The summed E-state index contributed by atoms with van der Waals surface area (Å²) in [6.07, 6.45) is -5.20. The third-order valence-electron chi connectivity index (χ3n) is 9.99. The minimum Gasteiger partial charge on any atom is -0.444 e. The number of benzene rings is 4. The number of halogens is 4. The average Bonchev–Trinajstić information content (AvgIpc) is 3.08. The van der Waals surface area contributed by atoms with Gasteiger partial charge in [-0.25, -0.2) is 4.79 Å². The quantitative estimate of drug-likeness (QED) is 0.173. The van der Waals surface area contributed by atoms with Gasteiger partial charge in [-0.05, 0) is 104 Å². The topological polar surface area (TPSA) is 97.0 Å². The molecular formula is C42H47ClF3N3O5Si. The molecule has 1 aliphatic rings. The van der Waals surface area contributed by atoms with Crippen molar-refractivity contribution in [2.75, 3.05) is 15.5 Å². The smallest absolute Gasteiger partial charge is 0.416 e. The van der Waals surface area contributed by atoms with E-state index in [4.69, 9.17) is 20.8 Å². The molecule has 0 aromatic heterocycles. The van der Waals surface area contributed by atoms with E-state index in [2.05, 4.69) is 10.6 Å². The molecule has 0 bridgehead atoms. The van der Waals surface area contributed by atoms with Gasteiger partial charge >= 0.3 is 12.3 Å². The van der Waals surface area contributed by atoms with Gasteiger partial charge in [-0.15, -0.1) is 0 Å². The van der Waals surface area contributed by atoms with E-state index in [0.29, 0.717) is 22.5 Å². The Morgan fingerprint density at radius 1 is 0.836 bits per heavy atom. The predicted octanol–water partition coefficient (Wildman–Crippen LogP) is 11.4. The molecule has 0 radical (unpaired) electrons. The van der Waals surface area contributed by atoms with Gasteiger partial charge in [0.1, 0.15) is 5.60 Å². The van der Waals surface area contributed by atoms with Crippen molar-refractivity contribution in [3.63, 3.8) is 0 Å². The highest BCUT2D eigenvalue weighted by Crippen LogP contribution is 2.45. The van der Waals surface area contributed by atoms with Crippen LogP contribution >= 0.6 is 11.6 Å². The van der Waals surface area contributed by atoms with Crippen LogP contribution in [0, 0.1) is 5.92 Å². The zero-order valence-electron chi connectivity index (χ0n) is 32.2. The lowest BCUT2D eigenvalue weighted by Crippen LogP contribution is -2.47. The SMILES string of the molecule is CC(C)(C)OC(=O)Nc1ccc([C@H]2[C@@H](C(=O)Nc3ccc(CO[Si](C)(C)C(C)(C)C)c(C(F)(F)F)c3)Cc3ccccc3N2C(=O)c2ccccc2Cl)cc1. The van der Waals surface area contributed by atoms with Gasteiger partial charge in [0.2, 0.25) is 5.91 Å². The minimum absolute atomic E-state index is 0.0311. The molecule has 0 aliphatic carbocycles. The van der Waals surface area contributed by atoms with Crippen LogP contribution in [0.4, 0.5) is 35.0 Å². The van der Waals surface area contributed by atoms with E-state index in [-0.39, 0.29) is 39.9 Å². The summed E-state index contributed by atoms with van der Waals surface area (Å²) in [6, 6.07) is 23.2. The molecule has 13 heteroatoms. The normalized spacial score (nSPS) is 16.3. The van der Waals surface area contributed by atoms with E-state index in [9.17, 15) is 27.6 Å². The molecule has 1 heterocycles. The van der Waals surface area contributed by atoms with Crippen molar-refractivity contribution in [1.82, 2.24) is 0 Å². The molecule has 292 valence electrons. The maximum absolute atomic E-state index is 14.5. The van der Waals surface area contributed by atoms with Gasteiger partial charge in [0.25, 0.3) is 5.91 Å². The van der Waals surface area contributed by atoms with Crippen molar-refractivity contribution >= 4 is 54.9 Å². The van der Waals surface area contributed by atoms with Crippen molar-refractivity contribution in [1.29, 1.82) is 0 Å². The van der Waals surface area contributed by atoms with Crippen LogP contribution < -0.4 is 15.5 Å². The second-order valence-corrected chi connectivity index (χ2v) is 21.4. The van der Waals surface area contributed by atoms with E-state index < -0.39 is 55.5 Å². The summed E-state index contributed by atoms with van der Waals surface area (Å²) in [7, 11) is -2.37. The van der Waals surface area contributed by atoms with Gasteiger partial charge in [0.15, 0.2) is 8.32 Å². The third kappa shape index (κ3) is 9.78. The number of amides is 3. The molecule has 0 unspecified atom stereocenters. The Morgan fingerprint density at radius 2 is 1.45 bits per heavy atom. The second-order valence-electron chi connectivity index (χ2n) is 16.2. The predicted molar refractivity (Wildman–Crippen MR) is 213 cm³/mol. The molecule has 55 heavy (non-hydrogen) atoms. The van der Waals surface area contributed by atoms with Crippen molar-refractivity contribution < 1.29 is 36.7 Å². The molecule has 0 saturated heterocycles. The van der Waals surface area contributed by atoms with Crippen molar-refractivity contribution in [2.45, 2.75) is 90.5 Å². The number of para-hydroxylation sites is 1. The Kier molecular flexibility index (Phi) is 12.0. The lowest BCUT2D eigenvalue weighted by atomic mass is 9.80. The van der Waals surface area contributed by atoms with E-state index in [1.807, 2.05) is 39.9 Å². The third-order valence-corrected chi connectivity index (χ3v) is 14.8. The molecule has 0 spiro atoms. The van der Waals surface area contributed by atoms with Crippen molar-refractivity contribution in [3.8, 4) is 0 Å². The maximum Gasteiger partial charge on any atom is 0.416 e. The highest BCUT2D eigenvalue weighted by molar-refractivity contribution is 6.74. The van der Waals surface area contributed by atoms with Gasteiger partial charge in [-0.1, -0.05) is 80.9 Å². The molecule has 1 aliphatic heterocycles. The number of fused-ring (bicyclic) bond motifs is 1. The van der Waals surface area contributed by atoms with Gasteiger partial charge in [-0.3, -0.25) is 19.8 Å². The zero-order valence-corrected chi connectivity index (χ0v) is 34.0. The van der Waals surface area contributed by atoms with E-state index in [1.54, 1.807) is 87.5 Å². The summed E-state index contributed by atoms with van der Waals surface area (Å²) in [6.45, 7) is 15.0. The van der Waals surface area contributed by atoms with E-state index in [0.717, 1.165) is 6.07 Å². The first-order chi connectivity index (χ1) is 25.6. The van der Waals surface area contributed by atoms with Gasteiger partial charge in [0, 0.05) is 17.1 Å². The summed E-state index contributed by atoms with van der Waals surface area (Å²) < 4.78 is 55.0. The van der Waals surface area contributed by atoms with E-state index in [1.165, 1.54) is 17.0 Å². The Bertz CT molecular complexity index is 2060. The van der Waals surface area contributed by atoms with Crippen LogP contribution in [0.15, 0.2) is 91.0 Å². The fourth-order valence-corrected chi connectivity index (χ4v) is 7.32. The molecule has 2 N–H and O–H groups in total. The fourth-order valence-electron chi connectivity index (χ4n) is 6.15. The molecule has 4 aromatic carbocycles. The second kappa shape index (κ2) is 15.8. The number of hydrogen-bond donors (Lipinski definition) is 2. The molecule has 5 rings (SSSR count). The monoisotopic (exact) mass is 793 g/mol. The number of rotatable bonds is 8. The van der Waals surface area contributed by atoms with Crippen LogP contribution in [0.2, 0.25) is 23.2 Å². The summed E-state index contributed by atoms with van der Waals surface area (Å²) in [4.78, 5) is 43.0. The van der Waals surface area contributed by atoms with Crippen molar-refractivity contribution in [2.24, 2.45) is 5.92 Å². The molecular weight excluding hydrogens is 747 g/mol. The van der Waals surface area contributed by atoms with Crippen LogP contribution in [-0.2, 0) is 33.2 Å². The zero-order chi connectivity index (χ0) is 40.5. The maximum atomic E-state index is 14.5. The molecule has 2 atom stereocenters. The number of nitrogens with one attached hydrogen (secondary N) is 2. The first kappa shape index (κ1) is 41.5. The van der Waals surface area contributed by atoms with Crippen LogP contribution in [-0.4, -0.2) is 31.8 Å². The Balaban J connectivity index is 1.55. The van der Waals surface area contributed by atoms with Gasteiger partial charge in [-0.2, -0.15) is 13.2 Å². The highest BCUT2D eigenvalue weighted by Gasteiger charge is 2.44. The lowest BCUT2D eigenvalue weighted by molar-refractivity contribution is -0.138. The standard InChI is InChI=1S/C42H47ClF3N3O5Si/c1-40(2,3)54-39(52)48-29-20-17-26(18-21-29)36-32(23-27-13-9-12-16-35(27)49(36)38(51)31-14-10-11-15-34(31)43)37(50)47-30-22-19-28(33(24-30)42(44,45)46)25-53-55(7,8)41(4,5)6/h9-22,24,32,36H,23,25H2,1-8H3,(H,47,50)(H,48,52)/t32-,36-/m0/s1. The number of anilines is 3. The molecule has 4 aromatic rings. The number of hydrogen-bond acceptors (Lipinski definition) is 5. The average molecular weight is 794 g/mol. The Hall–Kier alpha value is -4.65. The van der Waals surface area contributed by atoms with Crippen LogP contribution in [0.1, 0.15) is 80.2 Å². The number of ether oxygens (including phenoxy) is 1. The van der Waals surface area contributed by atoms with Gasteiger partial charge < -0.3 is 14.5 Å². The lowest BCUT2D eigenvalue weighted by Gasteiger charge is -2.42. The number of carbonyl (C=O) groups excluding carboxylic acids is 3. The number of alkyl halides is 3. The number of nitrogens with zero attached hydrogens (tertiary/aromatic N) is 1. The van der Waals surface area contributed by atoms with Crippen molar-refractivity contribution in [3.05, 3.63) is 124 Å². The first-order valence-electron chi connectivity index (χ1n) is 18.0. The first-order valence-corrected chi connectivity index (χ1v) is 21.3. The van der Waals surface area contributed by atoms with Gasteiger partial charge in [0.05, 0.1) is 34.7 Å². The minimum atomic E-state index is -4.72. The summed E-state index contributed by atoms with van der Waals surface area (Å²) in [5.74, 6) is -2.03. The molecule has 3 amide bonds. The summed E-state index contributed by atoms with van der Waals surface area (Å²) in [5.41, 5.74) is 0.703.